The van der Waals surface area contributed by atoms with Gasteiger partial charge in [-0.05, 0) is 91.6 Å². The number of imide groups is 1. The third-order valence-electron chi connectivity index (χ3n) is 13.4. The molecular weight excluding hydrogens is 855 g/mol. The standard InChI is InChI=1S/C47H48F2N10O5S/c48-35-24-30(23-33-34(35)26-59(46(33)64)43(45(63)54-47-50-13-21-65-47)42-39-2-1-14-58(39)27-51-42)29-3-6-32(7-4-29)55-17-19-57(20-18-55)41(61)22-28-11-15-56(16-12-28)38-9-5-31(25-36(38)49)52-37-8-10-40(60)53-44(37)62/h3-7,9,13,21,23-25,27-28,37,43,52H,1-2,8,10-12,14-20,22,26H2,(H,50,54,63)(H,53,60,62). The van der Waals surface area contributed by atoms with Gasteiger partial charge in [-0.1, -0.05) is 12.1 Å². The first kappa shape index (κ1) is 42.3. The first-order valence-electron chi connectivity index (χ1n) is 22.2. The molecule has 3 saturated heterocycles. The van der Waals surface area contributed by atoms with Crippen LogP contribution in [0.25, 0.3) is 11.1 Å². The number of amides is 5. The second-order valence-corrected chi connectivity index (χ2v) is 18.3. The molecule has 5 aliphatic rings. The summed E-state index contributed by atoms with van der Waals surface area (Å²) in [4.78, 5) is 81.3. The SMILES string of the molecule is O=C1CCC(Nc2ccc(N3CCC(CC(=O)N4CCN(c5ccc(-c6cc(F)c7c(c6)C(=O)N(C(C(=O)Nc6nccs6)c6ncn8c6CCC8)C7)cc5)CC4)CC3)c(F)c2)C(=O)N1. The first-order valence-corrected chi connectivity index (χ1v) is 23.1. The van der Waals surface area contributed by atoms with Gasteiger partial charge in [-0.3, -0.25) is 34.6 Å². The van der Waals surface area contributed by atoms with E-state index in [-0.39, 0.29) is 47.6 Å². The zero-order valence-corrected chi connectivity index (χ0v) is 36.4. The van der Waals surface area contributed by atoms with Gasteiger partial charge in [0.15, 0.2) is 11.2 Å². The number of rotatable bonds is 11. The molecule has 5 amide bonds. The van der Waals surface area contributed by atoms with Gasteiger partial charge >= 0.3 is 0 Å². The summed E-state index contributed by atoms with van der Waals surface area (Å²) < 4.78 is 33.2. The average Bonchev–Trinajstić information content (AvgIpc) is 4.13. The zero-order chi connectivity index (χ0) is 44.8. The molecule has 0 radical (unpaired) electrons. The third-order valence-corrected chi connectivity index (χ3v) is 14.1. The minimum Gasteiger partial charge on any atom is -0.374 e. The van der Waals surface area contributed by atoms with Crippen LogP contribution >= 0.6 is 11.3 Å². The molecule has 18 heteroatoms. The number of carbonyl (C=O) groups is 5. The summed E-state index contributed by atoms with van der Waals surface area (Å²) in [5.74, 6) is -2.17. The number of carbonyl (C=O) groups excluding carboxylic acids is 5. The fourth-order valence-corrected chi connectivity index (χ4v) is 10.4. The highest BCUT2D eigenvalue weighted by atomic mass is 32.1. The highest BCUT2D eigenvalue weighted by Crippen LogP contribution is 2.38. The molecule has 10 rings (SSSR count). The Morgan fingerprint density at radius 2 is 1.65 bits per heavy atom. The topological polar surface area (TPSA) is 165 Å². The van der Waals surface area contributed by atoms with Gasteiger partial charge in [0.05, 0.1) is 24.3 Å². The number of thiazole rings is 1. The molecule has 0 saturated carbocycles. The maximum absolute atomic E-state index is 15.9. The van der Waals surface area contributed by atoms with Crippen LogP contribution in [0.3, 0.4) is 0 Å². The van der Waals surface area contributed by atoms with Crippen molar-refractivity contribution < 1.29 is 32.8 Å². The lowest BCUT2D eigenvalue weighted by atomic mass is 9.92. The number of hydrogen-bond donors (Lipinski definition) is 3. The van der Waals surface area contributed by atoms with Crippen LogP contribution in [0.15, 0.2) is 72.5 Å². The molecule has 0 aliphatic carbocycles. The maximum Gasteiger partial charge on any atom is 0.255 e. The van der Waals surface area contributed by atoms with Crippen LogP contribution in [0.1, 0.15) is 71.9 Å². The Morgan fingerprint density at radius 3 is 2.38 bits per heavy atom. The highest BCUT2D eigenvalue weighted by molar-refractivity contribution is 7.13. The molecule has 2 atom stereocenters. The van der Waals surface area contributed by atoms with E-state index in [0.717, 1.165) is 49.2 Å². The number of nitrogens with zero attached hydrogens (tertiary/aromatic N) is 7. The van der Waals surface area contributed by atoms with E-state index < -0.39 is 35.6 Å². The molecule has 15 nitrogen and oxygen atoms in total. The van der Waals surface area contributed by atoms with Crippen LogP contribution in [0.4, 0.5) is 31.0 Å². The number of aryl methyl sites for hydroxylation is 1. The van der Waals surface area contributed by atoms with Crippen molar-refractivity contribution in [3.63, 3.8) is 0 Å². The predicted octanol–water partition coefficient (Wildman–Crippen LogP) is 5.74. The molecule has 3 aromatic carbocycles. The van der Waals surface area contributed by atoms with Gasteiger partial charge in [0.25, 0.3) is 11.8 Å². The summed E-state index contributed by atoms with van der Waals surface area (Å²) in [6, 6.07) is 14.1. The molecule has 0 bridgehead atoms. The molecule has 2 aromatic heterocycles. The Balaban J connectivity index is 0.725. The largest absolute Gasteiger partial charge is 0.374 e. The number of hydrogen-bond acceptors (Lipinski definition) is 11. The Labute approximate surface area is 377 Å². The van der Waals surface area contributed by atoms with Crippen molar-refractivity contribution >= 4 is 63.1 Å². The Hall–Kier alpha value is -6.69. The second-order valence-electron chi connectivity index (χ2n) is 17.4. The minimum atomic E-state index is -1.06. The number of piperidine rings is 2. The fraction of sp³-hybridized carbons (Fsp3) is 0.383. The number of anilines is 4. The van der Waals surface area contributed by atoms with E-state index in [4.69, 9.17) is 0 Å². The summed E-state index contributed by atoms with van der Waals surface area (Å²) >= 11 is 1.27. The summed E-state index contributed by atoms with van der Waals surface area (Å²) in [6.07, 6.45) is 7.51. The smallest absolute Gasteiger partial charge is 0.255 e. The van der Waals surface area contributed by atoms with Crippen molar-refractivity contribution in [3.05, 3.63) is 107 Å². The van der Waals surface area contributed by atoms with Crippen LogP contribution in [-0.4, -0.2) is 99.2 Å². The van der Waals surface area contributed by atoms with Gasteiger partial charge in [-0.25, -0.2) is 18.7 Å². The normalized spacial score (nSPS) is 19.3. The van der Waals surface area contributed by atoms with E-state index in [0.29, 0.717) is 79.9 Å². The van der Waals surface area contributed by atoms with Crippen LogP contribution in [0, 0.1) is 17.6 Å². The molecule has 3 fully saturated rings. The van der Waals surface area contributed by atoms with Gasteiger partial charge in [-0.2, -0.15) is 0 Å². The van der Waals surface area contributed by atoms with Gasteiger partial charge in [0.1, 0.15) is 17.7 Å². The Bertz CT molecular complexity index is 2660. The van der Waals surface area contributed by atoms with E-state index >= 15 is 8.78 Å². The van der Waals surface area contributed by atoms with Gasteiger partial charge in [0, 0.05) is 98.4 Å². The van der Waals surface area contributed by atoms with Crippen molar-refractivity contribution in [2.75, 3.05) is 59.7 Å². The van der Waals surface area contributed by atoms with Crippen molar-refractivity contribution in [1.29, 1.82) is 0 Å². The molecule has 65 heavy (non-hydrogen) atoms. The van der Waals surface area contributed by atoms with Crippen LogP contribution in [0.5, 0.6) is 0 Å². The lowest BCUT2D eigenvalue weighted by Gasteiger charge is -2.38. The number of nitrogens with one attached hydrogen (secondary N) is 3. The van der Waals surface area contributed by atoms with Crippen molar-refractivity contribution in [2.24, 2.45) is 5.92 Å². The van der Waals surface area contributed by atoms with Gasteiger partial charge in [0.2, 0.25) is 17.7 Å². The van der Waals surface area contributed by atoms with Gasteiger partial charge in [-0.15, -0.1) is 11.3 Å². The Morgan fingerprint density at radius 1 is 0.846 bits per heavy atom. The summed E-state index contributed by atoms with van der Waals surface area (Å²) in [5, 5.41) is 10.3. The number of halogens is 2. The zero-order valence-electron chi connectivity index (χ0n) is 35.6. The van der Waals surface area contributed by atoms with Crippen LogP contribution < -0.4 is 25.8 Å². The fourth-order valence-electron chi connectivity index (χ4n) is 9.88. The lowest BCUT2D eigenvalue weighted by Crippen LogP contribution is -2.49. The molecule has 3 N–H and O–H groups in total. The molecule has 7 heterocycles. The monoisotopic (exact) mass is 902 g/mol. The number of aromatic nitrogens is 3. The van der Waals surface area contributed by atoms with Crippen molar-refractivity contribution in [1.82, 2.24) is 29.7 Å². The summed E-state index contributed by atoms with van der Waals surface area (Å²) in [5.41, 5.74) is 5.11. The molecular formula is C47H48F2N10O5S. The molecule has 5 aliphatic heterocycles. The lowest BCUT2D eigenvalue weighted by molar-refractivity contribution is -0.134. The van der Waals surface area contributed by atoms with Crippen LogP contribution in [-0.2, 0) is 38.7 Å². The van der Waals surface area contributed by atoms with Crippen molar-refractivity contribution in [3.8, 4) is 11.1 Å². The van der Waals surface area contributed by atoms with E-state index in [9.17, 15) is 24.0 Å². The molecule has 2 unspecified atom stereocenters. The number of piperazine rings is 1. The average molecular weight is 903 g/mol. The van der Waals surface area contributed by atoms with E-state index in [1.165, 1.54) is 28.4 Å². The summed E-state index contributed by atoms with van der Waals surface area (Å²) in [7, 11) is 0. The predicted molar refractivity (Wildman–Crippen MR) is 240 cm³/mol. The molecule has 336 valence electrons. The highest BCUT2D eigenvalue weighted by Gasteiger charge is 2.42. The number of imidazole rings is 1. The van der Waals surface area contributed by atoms with E-state index in [1.54, 1.807) is 36.1 Å². The van der Waals surface area contributed by atoms with Crippen LogP contribution in [0.2, 0.25) is 0 Å². The van der Waals surface area contributed by atoms with Crippen molar-refractivity contribution in [2.45, 2.75) is 70.1 Å². The molecule has 0 spiro atoms. The third kappa shape index (κ3) is 8.54. The molecule has 5 aromatic rings. The number of fused-ring (bicyclic) bond motifs is 2. The maximum atomic E-state index is 15.9. The van der Waals surface area contributed by atoms with Gasteiger partial charge < -0.3 is 29.5 Å². The second kappa shape index (κ2) is 17.7. The summed E-state index contributed by atoms with van der Waals surface area (Å²) in [6.45, 7) is 4.47. The van der Waals surface area contributed by atoms with E-state index in [2.05, 4.69) is 30.8 Å². The first-order chi connectivity index (χ1) is 31.6. The Kier molecular flexibility index (Phi) is 11.5. The minimum absolute atomic E-state index is 0.0676. The quantitative estimate of drug-likeness (QED) is 0.139. The van der Waals surface area contributed by atoms with E-state index in [1.807, 2.05) is 38.6 Å². The number of benzene rings is 3.